The fourth-order valence-corrected chi connectivity index (χ4v) is 3.39. The maximum atomic E-state index is 12.9. The highest BCUT2D eigenvalue weighted by Crippen LogP contribution is 2.25. The minimum absolute atomic E-state index is 0.0575. The second-order valence-electron chi connectivity index (χ2n) is 8.82. The van der Waals surface area contributed by atoms with E-state index in [0.717, 1.165) is 12.8 Å². The van der Waals surface area contributed by atoms with Crippen molar-refractivity contribution < 1.29 is 28.6 Å². The van der Waals surface area contributed by atoms with Crippen molar-refractivity contribution >= 4 is 17.9 Å². The highest BCUT2D eigenvalue weighted by molar-refractivity contribution is 5.95. The maximum absolute atomic E-state index is 12.9. The molecule has 0 bridgehead atoms. The van der Waals surface area contributed by atoms with E-state index in [2.05, 4.69) is 10.6 Å². The first-order valence-corrected chi connectivity index (χ1v) is 10.9. The molecule has 2 rings (SSSR count). The third-order valence-corrected chi connectivity index (χ3v) is 5.11. The van der Waals surface area contributed by atoms with Crippen LogP contribution in [-0.4, -0.2) is 68.8 Å². The Morgan fingerprint density at radius 2 is 1.59 bits per heavy atom. The van der Waals surface area contributed by atoms with Gasteiger partial charge >= 0.3 is 6.09 Å². The highest BCUT2D eigenvalue weighted by Gasteiger charge is 2.25. The molecule has 1 saturated heterocycles. The van der Waals surface area contributed by atoms with Crippen LogP contribution in [0.15, 0.2) is 18.2 Å². The zero-order valence-corrected chi connectivity index (χ0v) is 19.7. The van der Waals surface area contributed by atoms with E-state index >= 15 is 0 Å². The number of benzene rings is 1. The van der Waals surface area contributed by atoms with Crippen LogP contribution in [0.5, 0.6) is 11.5 Å². The van der Waals surface area contributed by atoms with Crippen LogP contribution in [0.4, 0.5) is 4.79 Å². The lowest BCUT2D eigenvalue weighted by Gasteiger charge is -2.32. The summed E-state index contributed by atoms with van der Waals surface area (Å²) in [5.41, 5.74) is -0.0354. The van der Waals surface area contributed by atoms with Crippen LogP contribution in [0.2, 0.25) is 0 Å². The third kappa shape index (κ3) is 8.28. The fraction of sp³-hybridized carbons (Fsp3) is 0.609. The Balaban J connectivity index is 1.71. The first-order chi connectivity index (χ1) is 15.1. The summed E-state index contributed by atoms with van der Waals surface area (Å²) < 4.78 is 15.6. The van der Waals surface area contributed by atoms with E-state index in [1.807, 2.05) is 4.90 Å². The van der Waals surface area contributed by atoms with Crippen LogP contribution in [0.3, 0.4) is 0 Å². The molecule has 9 heteroatoms. The lowest BCUT2D eigenvalue weighted by Crippen LogP contribution is -2.42. The second-order valence-corrected chi connectivity index (χ2v) is 8.82. The zero-order valence-electron chi connectivity index (χ0n) is 19.7. The van der Waals surface area contributed by atoms with Gasteiger partial charge in [-0.15, -0.1) is 0 Å². The smallest absolute Gasteiger partial charge is 0.407 e. The molecule has 178 valence electrons. The molecule has 2 N–H and O–H groups in total. The van der Waals surface area contributed by atoms with Crippen molar-refractivity contribution in [1.82, 2.24) is 15.5 Å². The number of alkyl carbamates (subject to hydrolysis) is 1. The molecule has 1 aliphatic rings. The number of likely N-dealkylation sites (tertiary alicyclic amines) is 1. The summed E-state index contributed by atoms with van der Waals surface area (Å²) in [6, 6.07) is 5.15. The van der Waals surface area contributed by atoms with Gasteiger partial charge in [-0.3, -0.25) is 9.59 Å². The number of nitrogens with one attached hydrogen (secondary N) is 2. The molecule has 1 aromatic rings. The molecule has 0 unspecified atom stereocenters. The van der Waals surface area contributed by atoms with Crippen molar-refractivity contribution in [3.05, 3.63) is 23.8 Å². The van der Waals surface area contributed by atoms with Crippen molar-refractivity contribution in [1.29, 1.82) is 0 Å². The second kappa shape index (κ2) is 11.6. The van der Waals surface area contributed by atoms with Gasteiger partial charge in [0.15, 0.2) is 0 Å². The van der Waals surface area contributed by atoms with E-state index in [1.54, 1.807) is 53.2 Å². The number of hydrogen-bond donors (Lipinski definition) is 2. The van der Waals surface area contributed by atoms with Crippen molar-refractivity contribution in [3.63, 3.8) is 0 Å². The fourth-order valence-electron chi connectivity index (χ4n) is 3.39. The van der Waals surface area contributed by atoms with Gasteiger partial charge in [-0.05, 0) is 51.7 Å². The van der Waals surface area contributed by atoms with Gasteiger partial charge in [0.2, 0.25) is 5.91 Å². The van der Waals surface area contributed by atoms with Gasteiger partial charge < -0.3 is 29.7 Å². The molecule has 0 saturated carbocycles. The van der Waals surface area contributed by atoms with Crippen molar-refractivity contribution in [2.75, 3.05) is 40.4 Å². The molecule has 1 aliphatic heterocycles. The SMILES string of the molecule is COc1cc(OC)cc(C(=O)N2CCC(CNC(=O)CCNC(=O)OC(C)(C)C)CC2)c1. The Morgan fingerprint density at radius 1 is 1.00 bits per heavy atom. The van der Waals surface area contributed by atoms with Gasteiger partial charge in [0.05, 0.1) is 14.2 Å². The summed E-state index contributed by atoms with van der Waals surface area (Å²) in [5, 5.41) is 5.49. The Morgan fingerprint density at radius 3 is 2.12 bits per heavy atom. The Hall–Kier alpha value is -2.97. The zero-order chi connectivity index (χ0) is 23.7. The van der Waals surface area contributed by atoms with E-state index in [-0.39, 0.29) is 24.8 Å². The standard InChI is InChI=1S/C23H35N3O6/c1-23(2,3)32-22(29)24-9-6-20(27)25-15-16-7-10-26(11-8-16)21(28)17-12-18(30-4)14-19(13-17)31-5/h12-14,16H,6-11,15H2,1-5H3,(H,24,29)(H,25,27). The molecule has 0 aromatic heterocycles. The molecule has 0 spiro atoms. The number of rotatable bonds is 8. The van der Waals surface area contributed by atoms with Crippen molar-refractivity contribution in [3.8, 4) is 11.5 Å². The van der Waals surface area contributed by atoms with Crippen LogP contribution in [0.1, 0.15) is 50.4 Å². The van der Waals surface area contributed by atoms with Gasteiger partial charge in [0.1, 0.15) is 17.1 Å². The Labute approximate surface area is 189 Å². The maximum Gasteiger partial charge on any atom is 0.407 e. The molecule has 1 fully saturated rings. The predicted molar refractivity (Wildman–Crippen MR) is 120 cm³/mol. The molecule has 3 amide bonds. The number of amides is 3. The van der Waals surface area contributed by atoms with E-state index in [0.29, 0.717) is 42.6 Å². The molecular formula is C23H35N3O6. The van der Waals surface area contributed by atoms with E-state index in [9.17, 15) is 14.4 Å². The molecule has 0 atom stereocenters. The number of hydrogen-bond acceptors (Lipinski definition) is 6. The number of ether oxygens (including phenoxy) is 3. The van der Waals surface area contributed by atoms with Crippen molar-refractivity contribution in [2.24, 2.45) is 5.92 Å². The number of carbonyl (C=O) groups is 3. The van der Waals surface area contributed by atoms with Crippen molar-refractivity contribution in [2.45, 2.75) is 45.6 Å². The highest BCUT2D eigenvalue weighted by atomic mass is 16.6. The van der Waals surface area contributed by atoms with Gasteiger partial charge in [0.25, 0.3) is 5.91 Å². The Bertz CT molecular complexity index is 775. The summed E-state index contributed by atoms with van der Waals surface area (Å²) in [6.07, 6.45) is 1.27. The molecule has 0 aliphatic carbocycles. The normalized spacial score (nSPS) is 14.5. The topological polar surface area (TPSA) is 106 Å². The van der Waals surface area contributed by atoms with Crippen LogP contribution in [0.25, 0.3) is 0 Å². The third-order valence-electron chi connectivity index (χ3n) is 5.11. The lowest BCUT2D eigenvalue weighted by molar-refractivity contribution is -0.121. The number of carbonyl (C=O) groups excluding carboxylic acids is 3. The number of nitrogens with zero attached hydrogens (tertiary/aromatic N) is 1. The molecule has 32 heavy (non-hydrogen) atoms. The van der Waals surface area contributed by atoms with Gasteiger partial charge in [-0.2, -0.15) is 0 Å². The lowest BCUT2D eigenvalue weighted by atomic mass is 9.96. The number of piperidine rings is 1. The van der Waals surface area contributed by atoms with Crippen LogP contribution >= 0.6 is 0 Å². The van der Waals surface area contributed by atoms with Gasteiger partial charge in [-0.25, -0.2) is 4.79 Å². The Kier molecular flexibility index (Phi) is 9.16. The minimum Gasteiger partial charge on any atom is -0.497 e. The molecular weight excluding hydrogens is 414 g/mol. The van der Waals surface area contributed by atoms with E-state index < -0.39 is 11.7 Å². The average molecular weight is 450 g/mol. The summed E-state index contributed by atoms with van der Waals surface area (Å²) in [6.45, 7) is 7.37. The minimum atomic E-state index is -0.568. The van der Waals surface area contributed by atoms with E-state index in [4.69, 9.17) is 14.2 Å². The van der Waals surface area contributed by atoms with Crippen LogP contribution < -0.4 is 20.1 Å². The van der Waals surface area contributed by atoms with E-state index in [1.165, 1.54) is 0 Å². The summed E-state index contributed by atoms with van der Waals surface area (Å²) in [7, 11) is 3.10. The molecule has 0 radical (unpaired) electrons. The van der Waals surface area contributed by atoms with Gasteiger partial charge in [-0.1, -0.05) is 0 Å². The summed E-state index contributed by atoms with van der Waals surface area (Å²) in [5.74, 6) is 1.28. The van der Waals surface area contributed by atoms with Crippen LogP contribution in [0, 0.1) is 5.92 Å². The monoisotopic (exact) mass is 449 g/mol. The first kappa shape index (κ1) is 25.3. The molecule has 1 heterocycles. The summed E-state index contributed by atoms with van der Waals surface area (Å²) in [4.78, 5) is 38.3. The predicted octanol–water partition coefficient (Wildman–Crippen LogP) is 2.59. The average Bonchev–Trinajstić information content (AvgIpc) is 2.75. The van der Waals surface area contributed by atoms with Gasteiger partial charge in [0, 0.05) is 44.2 Å². The quantitative estimate of drug-likeness (QED) is 0.632. The van der Waals surface area contributed by atoms with Crippen LogP contribution in [-0.2, 0) is 9.53 Å². The first-order valence-electron chi connectivity index (χ1n) is 10.9. The largest absolute Gasteiger partial charge is 0.497 e. The summed E-state index contributed by atoms with van der Waals surface area (Å²) >= 11 is 0. The molecule has 9 nitrogen and oxygen atoms in total. The molecule has 1 aromatic carbocycles. The number of methoxy groups -OCH3 is 2.